The van der Waals surface area contributed by atoms with Crippen LogP contribution in [-0.4, -0.2) is 9.38 Å². The molecule has 0 saturated heterocycles. The Bertz CT molecular complexity index is 1060. The highest BCUT2D eigenvalue weighted by Gasteiger charge is 2.15. The number of halogens is 3. The highest BCUT2D eigenvalue weighted by Crippen LogP contribution is 2.29. The maximum atomic E-state index is 6.16. The second kappa shape index (κ2) is 6.83. The van der Waals surface area contributed by atoms with Gasteiger partial charge in [-0.2, -0.15) is 0 Å². The molecule has 5 heteroatoms. The van der Waals surface area contributed by atoms with Crippen molar-refractivity contribution in [3.8, 4) is 11.3 Å². The summed E-state index contributed by atoms with van der Waals surface area (Å²) in [5.41, 5.74) is 5.16. The van der Waals surface area contributed by atoms with Gasteiger partial charge in [0.25, 0.3) is 0 Å². The Morgan fingerprint density at radius 2 is 1.72 bits per heavy atom. The van der Waals surface area contributed by atoms with Crippen LogP contribution in [0.1, 0.15) is 11.3 Å². The summed E-state index contributed by atoms with van der Waals surface area (Å²) in [6.45, 7) is 0. The molecule has 0 saturated carbocycles. The van der Waals surface area contributed by atoms with Gasteiger partial charge in [-0.25, -0.2) is 4.98 Å². The molecule has 0 bridgehead atoms. The summed E-state index contributed by atoms with van der Waals surface area (Å²) in [6, 6.07) is 19.7. The van der Waals surface area contributed by atoms with Crippen LogP contribution in [0.15, 0.2) is 71.3 Å². The van der Waals surface area contributed by atoms with Crippen LogP contribution >= 0.6 is 39.1 Å². The standard InChI is InChI=1S/C20H13BrCl2N2/c21-15-6-9-19-24-20(14-4-7-16(22)8-5-14)18(25(19)12-15)11-13-2-1-3-17(23)10-13/h1-10,12H,11H2. The molecule has 4 aromatic rings. The van der Waals surface area contributed by atoms with E-state index < -0.39 is 0 Å². The normalized spacial score (nSPS) is 11.2. The molecule has 0 aliphatic carbocycles. The lowest BCUT2D eigenvalue weighted by Crippen LogP contribution is -1.97. The quantitative estimate of drug-likeness (QED) is 0.354. The Balaban J connectivity index is 1.91. The SMILES string of the molecule is Clc1ccc(-c2nc3ccc(Br)cn3c2Cc2cccc(Cl)c2)cc1. The summed E-state index contributed by atoms with van der Waals surface area (Å²) in [5.74, 6) is 0. The van der Waals surface area contributed by atoms with Gasteiger partial charge in [-0.3, -0.25) is 0 Å². The summed E-state index contributed by atoms with van der Waals surface area (Å²) >= 11 is 15.7. The van der Waals surface area contributed by atoms with E-state index in [1.54, 1.807) is 0 Å². The smallest absolute Gasteiger partial charge is 0.137 e. The van der Waals surface area contributed by atoms with Gasteiger partial charge in [0.05, 0.1) is 11.4 Å². The molecule has 2 nitrogen and oxygen atoms in total. The van der Waals surface area contributed by atoms with Crippen molar-refractivity contribution < 1.29 is 0 Å². The summed E-state index contributed by atoms with van der Waals surface area (Å²) in [7, 11) is 0. The average molecular weight is 432 g/mol. The summed E-state index contributed by atoms with van der Waals surface area (Å²) in [6.07, 6.45) is 2.78. The van der Waals surface area contributed by atoms with Gasteiger partial charge in [-0.15, -0.1) is 0 Å². The molecule has 0 radical (unpaired) electrons. The van der Waals surface area contributed by atoms with Gasteiger partial charge in [0.2, 0.25) is 0 Å². The van der Waals surface area contributed by atoms with Crippen molar-refractivity contribution in [3.05, 3.63) is 92.6 Å². The number of imidazole rings is 1. The largest absolute Gasteiger partial charge is 0.302 e. The Kier molecular flexibility index (Phi) is 4.55. The monoisotopic (exact) mass is 430 g/mol. The van der Waals surface area contributed by atoms with Crippen molar-refractivity contribution in [1.82, 2.24) is 9.38 Å². The Morgan fingerprint density at radius 1 is 0.920 bits per heavy atom. The zero-order valence-electron chi connectivity index (χ0n) is 13.1. The van der Waals surface area contributed by atoms with E-state index in [4.69, 9.17) is 28.2 Å². The number of pyridine rings is 1. The first-order valence-electron chi connectivity index (χ1n) is 7.77. The number of nitrogens with zero attached hydrogens (tertiary/aromatic N) is 2. The maximum Gasteiger partial charge on any atom is 0.137 e. The number of hydrogen-bond donors (Lipinski definition) is 0. The van der Waals surface area contributed by atoms with E-state index in [0.717, 1.165) is 44.1 Å². The third-order valence-electron chi connectivity index (χ3n) is 4.06. The Morgan fingerprint density at radius 3 is 2.48 bits per heavy atom. The van der Waals surface area contributed by atoms with Gasteiger partial charge in [0.15, 0.2) is 0 Å². The predicted molar refractivity (Wildman–Crippen MR) is 108 cm³/mol. The zero-order chi connectivity index (χ0) is 17.4. The van der Waals surface area contributed by atoms with Gasteiger partial charge in [0, 0.05) is 32.7 Å². The first-order valence-corrected chi connectivity index (χ1v) is 9.32. The zero-order valence-corrected chi connectivity index (χ0v) is 16.2. The van der Waals surface area contributed by atoms with E-state index >= 15 is 0 Å². The Hall–Kier alpha value is -1.81. The van der Waals surface area contributed by atoms with Crippen LogP contribution in [0.2, 0.25) is 10.0 Å². The van der Waals surface area contributed by atoms with Crippen molar-refractivity contribution in [2.45, 2.75) is 6.42 Å². The molecule has 0 unspecified atom stereocenters. The van der Waals surface area contributed by atoms with Crippen LogP contribution < -0.4 is 0 Å². The van der Waals surface area contributed by atoms with E-state index in [1.807, 2.05) is 60.8 Å². The molecular formula is C20H13BrCl2N2. The molecule has 0 N–H and O–H groups in total. The minimum atomic E-state index is 0.714. The first-order chi connectivity index (χ1) is 12.1. The number of fused-ring (bicyclic) bond motifs is 1. The van der Waals surface area contributed by atoms with E-state index in [2.05, 4.69) is 26.4 Å². The van der Waals surface area contributed by atoms with Crippen molar-refractivity contribution in [3.63, 3.8) is 0 Å². The molecule has 124 valence electrons. The van der Waals surface area contributed by atoms with Crippen LogP contribution in [0.25, 0.3) is 16.9 Å². The lowest BCUT2D eigenvalue weighted by molar-refractivity contribution is 1.02. The first kappa shape index (κ1) is 16.6. The van der Waals surface area contributed by atoms with Gasteiger partial charge in [-0.05, 0) is 57.9 Å². The van der Waals surface area contributed by atoms with Crippen molar-refractivity contribution in [2.24, 2.45) is 0 Å². The predicted octanol–water partition coefficient (Wildman–Crippen LogP) is 6.66. The maximum absolute atomic E-state index is 6.16. The molecule has 0 aliphatic heterocycles. The number of hydrogen-bond acceptors (Lipinski definition) is 1. The van der Waals surface area contributed by atoms with E-state index in [1.165, 1.54) is 0 Å². The highest BCUT2D eigenvalue weighted by atomic mass is 79.9. The van der Waals surface area contributed by atoms with Crippen LogP contribution in [0.5, 0.6) is 0 Å². The van der Waals surface area contributed by atoms with Crippen molar-refractivity contribution in [2.75, 3.05) is 0 Å². The number of aromatic nitrogens is 2. The van der Waals surface area contributed by atoms with Crippen LogP contribution in [0.3, 0.4) is 0 Å². The molecule has 0 aliphatic rings. The van der Waals surface area contributed by atoms with E-state index in [-0.39, 0.29) is 0 Å². The highest BCUT2D eigenvalue weighted by molar-refractivity contribution is 9.10. The Labute approximate surface area is 164 Å². The van der Waals surface area contributed by atoms with E-state index in [0.29, 0.717) is 5.02 Å². The van der Waals surface area contributed by atoms with Crippen LogP contribution in [0.4, 0.5) is 0 Å². The topological polar surface area (TPSA) is 17.3 Å². The minimum absolute atomic E-state index is 0.714. The van der Waals surface area contributed by atoms with Gasteiger partial charge in [0.1, 0.15) is 5.65 Å². The third kappa shape index (κ3) is 3.45. The summed E-state index contributed by atoms with van der Waals surface area (Å²) in [5, 5.41) is 1.45. The van der Waals surface area contributed by atoms with Gasteiger partial charge < -0.3 is 4.40 Å². The average Bonchev–Trinajstić information content (AvgIpc) is 2.93. The summed E-state index contributed by atoms with van der Waals surface area (Å²) in [4.78, 5) is 4.84. The minimum Gasteiger partial charge on any atom is -0.302 e. The lowest BCUT2D eigenvalue weighted by Gasteiger charge is -2.07. The molecule has 0 atom stereocenters. The van der Waals surface area contributed by atoms with Crippen LogP contribution in [-0.2, 0) is 6.42 Å². The molecule has 25 heavy (non-hydrogen) atoms. The lowest BCUT2D eigenvalue weighted by atomic mass is 10.0. The fraction of sp³-hybridized carbons (Fsp3) is 0.0500. The number of rotatable bonds is 3. The fourth-order valence-corrected chi connectivity index (χ4v) is 3.59. The fourth-order valence-electron chi connectivity index (χ4n) is 2.92. The molecular weight excluding hydrogens is 419 g/mol. The van der Waals surface area contributed by atoms with E-state index in [9.17, 15) is 0 Å². The molecule has 4 rings (SSSR count). The summed E-state index contributed by atoms with van der Waals surface area (Å²) < 4.78 is 3.13. The molecule has 2 heterocycles. The molecule has 0 amide bonds. The van der Waals surface area contributed by atoms with Gasteiger partial charge in [-0.1, -0.05) is 47.5 Å². The molecule has 0 spiro atoms. The molecule has 0 fully saturated rings. The third-order valence-corrected chi connectivity index (χ3v) is 5.02. The number of benzene rings is 2. The molecule has 2 aromatic carbocycles. The van der Waals surface area contributed by atoms with Crippen molar-refractivity contribution >= 4 is 44.8 Å². The second-order valence-corrected chi connectivity index (χ2v) is 7.58. The van der Waals surface area contributed by atoms with Crippen molar-refractivity contribution in [1.29, 1.82) is 0 Å². The molecule has 2 aromatic heterocycles. The van der Waals surface area contributed by atoms with Crippen LogP contribution in [0, 0.1) is 0 Å². The second-order valence-electron chi connectivity index (χ2n) is 5.80. The van der Waals surface area contributed by atoms with Gasteiger partial charge >= 0.3 is 0 Å².